The number of rotatable bonds is 7. The van der Waals surface area contributed by atoms with Crippen LogP contribution in [0.2, 0.25) is 0 Å². The number of nitrogens with one attached hydrogen (secondary N) is 6. The van der Waals surface area contributed by atoms with Gasteiger partial charge in [-0.15, -0.1) is 0 Å². The van der Waals surface area contributed by atoms with E-state index in [2.05, 4.69) is 31.9 Å². The molecule has 0 unspecified atom stereocenters. The molecule has 7 amide bonds. The van der Waals surface area contributed by atoms with Crippen LogP contribution in [0, 0.1) is 5.92 Å². The Labute approximate surface area is 278 Å². The van der Waals surface area contributed by atoms with Crippen LogP contribution in [0.25, 0.3) is 0 Å². The van der Waals surface area contributed by atoms with Crippen LogP contribution in [-0.2, 0) is 33.6 Å². The van der Waals surface area contributed by atoms with Crippen molar-refractivity contribution in [1.82, 2.24) is 36.8 Å². The summed E-state index contributed by atoms with van der Waals surface area (Å²) in [5, 5.41) is 16.7. The molecule has 0 spiro atoms. The standard InChI is InChI=1S/C32H45N7O7S/c1-17(2)27-32(46)39-16-20(34-29(43)21-10-11-25(40)35-21)14-24(39)31(45)33-18(3)28(42)37-23(19-8-6-5-7-9-19)15-26(41)36-22(12-13-47-4)30(44)38-27/h5-9,17-18,20-24,27H,10-16H2,1-4H3,(H,33,45)(H,34,43)(H,35,40)(H,36,41)(H,37,42)(H,38,44)/t18-,20-,21-,22-,23-,24-,27-/m0/s1. The molecule has 0 saturated carbocycles. The molecule has 3 saturated heterocycles. The Balaban J connectivity index is 1.65. The van der Waals surface area contributed by atoms with E-state index in [-0.39, 0.29) is 37.6 Å². The van der Waals surface area contributed by atoms with Gasteiger partial charge >= 0.3 is 0 Å². The van der Waals surface area contributed by atoms with Crippen molar-refractivity contribution in [3.63, 3.8) is 0 Å². The Hall–Kier alpha value is -4.14. The maximum absolute atomic E-state index is 14.1. The lowest BCUT2D eigenvalue weighted by molar-refractivity contribution is -0.143. The highest BCUT2D eigenvalue weighted by molar-refractivity contribution is 7.98. The van der Waals surface area contributed by atoms with Crippen LogP contribution >= 0.6 is 11.8 Å². The first kappa shape index (κ1) is 35.7. The normalized spacial score (nSPS) is 29.4. The number of fused-ring (bicyclic) bond motifs is 1. The van der Waals surface area contributed by atoms with Crippen molar-refractivity contribution < 1.29 is 33.6 Å². The first-order chi connectivity index (χ1) is 22.4. The average molecular weight is 672 g/mol. The second kappa shape index (κ2) is 16.1. The van der Waals surface area contributed by atoms with Crippen molar-refractivity contribution in [2.75, 3.05) is 18.6 Å². The minimum Gasteiger partial charge on any atom is -0.350 e. The highest BCUT2D eigenvalue weighted by atomic mass is 32.2. The van der Waals surface area contributed by atoms with Crippen LogP contribution in [0.15, 0.2) is 30.3 Å². The van der Waals surface area contributed by atoms with Gasteiger partial charge in [0.1, 0.15) is 30.2 Å². The summed E-state index contributed by atoms with van der Waals surface area (Å²) in [6.45, 7) is 5.02. The molecule has 3 heterocycles. The van der Waals surface area contributed by atoms with Gasteiger partial charge < -0.3 is 36.8 Å². The van der Waals surface area contributed by atoms with Crippen LogP contribution in [0.5, 0.6) is 0 Å². The molecule has 0 aromatic heterocycles. The Morgan fingerprint density at radius 2 is 1.66 bits per heavy atom. The zero-order valence-corrected chi connectivity index (χ0v) is 28.0. The number of thioether (sulfide) groups is 1. The molecule has 256 valence electrons. The Bertz CT molecular complexity index is 1360. The summed E-state index contributed by atoms with van der Waals surface area (Å²) in [5.74, 6) is -3.13. The lowest BCUT2D eigenvalue weighted by Crippen LogP contribution is -2.59. The molecule has 0 aliphatic carbocycles. The maximum Gasteiger partial charge on any atom is 0.246 e. The molecule has 7 atom stereocenters. The third-order valence-corrected chi connectivity index (χ3v) is 9.34. The van der Waals surface area contributed by atoms with Gasteiger partial charge in [0.2, 0.25) is 41.4 Å². The second-order valence-corrected chi connectivity index (χ2v) is 13.6. The van der Waals surface area contributed by atoms with E-state index in [1.807, 2.05) is 12.3 Å². The fraction of sp³-hybridized carbons (Fsp3) is 0.594. The van der Waals surface area contributed by atoms with E-state index in [9.17, 15) is 33.6 Å². The molecule has 15 heteroatoms. The van der Waals surface area contributed by atoms with Crippen molar-refractivity contribution in [3.05, 3.63) is 35.9 Å². The van der Waals surface area contributed by atoms with E-state index in [0.29, 0.717) is 24.2 Å². The molecule has 1 aromatic rings. The monoisotopic (exact) mass is 671 g/mol. The molecule has 0 radical (unpaired) electrons. The summed E-state index contributed by atoms with van der Waals surface area (Å²) in [5.41, 5.74) is 0.672. The molecule has 1 aromatic carbocycles. The predicted octanol–water partition coefficient (Wildman–Crippen LogP) is -0.505. The molecule has 0 bridgehead atoms. The predicted molar refractivity (Wildman–Crippen MR) is 174 cm³/mol. The first-order valence-corrected chi connectivity index (χ1v) is 17.4. The fourth-order valence-electron chi connectivity index (χ4n) is 6.04. The van der Waals surface area contributed by atoms with Crippen molar-refractivity contribution in [2.24, 2.45) is 5.92 Å². The summed E-state index contributed by atoms with van der Waals surface area (Å²) < 4.78 is 0. The number of benzene rings is 1. The third kappa shape index (κ3) is 9.24. The number of amides is 7. The van der Waals surface area contributed by atoms with Crippen molar-refractivity contribution in [1.29, 1.82) is 0 Å². The third-order valence-electron chi connectivity index (χ3n) is 8.70. The molecule has 3 aliphatic rings. The van der Waals surface area contributed by atoms with Gasteiger partial charge in [-0.1, -0.05) is 44.2 Å². The summed E-state index contributed by atoms with van der Waals surface area (Å²) in [4.78, 5) is 94.1. The molecule has 3 aliphatic heterocycles. The average Bonchev–Trinajstić information content (AvgIpc) is 3.67. The summed E-state index contributed by atoms with van der Waals surface area (Å²) >= 11 is 1.51. The number of carbonyl (C=O) groups is 7. The Morgan fingerprint density at radius 3 is 2.30 bits per heavy atom. The number of hydrogen-bond acceptors (Lipinski definition) is 8. The summed E-state index contributed by atoms with van der Waals surface area (Å²) in [6, 6.07) is 2.79. The van der Waals surface area contributed by atoms with Gasteiger partial charge in [-0.25, -0.2) is 0 Å². The van der Waals surface area contributed by atoms with E-state index >= 15 is 0 Å². The second-order valence-electron chi connectivity index (χ2n) is 12.6. The van der Waals surface area contributed by atoms with Crippen molar-refractivity contribution >= 4 is 53.1 Å². The summed E-state index contributed by atoms with van der Waals surface area (Å²) in [7, 11) is 0. The van der Waals surface area contributed by atoms with Crippen LogP contribution < -0.4 is 31.9 Å². The smallest absolute Gasteiger partial charge is 0.246 e. The molecule has 47 heavy (non-hydrogen) atoms. The van der Waals surface area contributed by atoms with Crippen LogP contribution in [0.1, 0.15) is 64.5 Å². The van der Waals surface area contributed by atoms with Gasteiger partial charge in [-0.05, 0) is 49.7 Å². The molecular formula is C32H45N7O7S. The summed E-state index contributed by atoms with van der Waals surface area (Å²) in [6.07, 6.45) is 2.67. The zero-order valence-electron chi connectivity index (χ0n) is 27.2. The molecule has 3 fully saturated rings. The van der Waals surface area contributed by atoms with E-state index < -0.39 is 77.7 Å². The van der Waals surface area contributed by atoms with Gasteiger partial charge in [-0.2, -0.15) is 11.8 Å². The van der Waals surface area contributed by atoms with Gasteiger partial charge in [0.25, 0.3) is 0 Å². The molecule has 6 N–H and O–H groups in total. The molecular weight excluding hydrogens is 626 g/mol. The Morgan fingerprint density at radius 1 is 0.936 bits per heavy atom. The van der Waals surface area contributed by atoms with Gasteiger partial charge in [0.15, 0.2) is 0 Å². The molecule has 4 rings (SSSR count). The Kier molecular flexibility index (Phi) is 12.2. The van der Waals surface area contributed by atoms with E-state index in [0.717, 1.165) is 0 Å². The van der Waals surface area contributed by atoms with E-state index in [1.54, 1.807) is 38.1 Å². The van der Waals surface area contributed by atoms with Gasteiger partial charge in [0, 0.05) is 19.0 Å². The van der Waals surface area contributed by atoms with Crippen molar-refractivity contribution in [2.45, 2.75) is 95.2 Å². The van der Waals surface area contributed by atoms with Crippen LogP contribution in [0.3, 0.4) is 0 Å². The number of hydrogen-bond donors (Lipinski definition) is 6. The largest absolute Gasteiger partial charge is 0.350 e. The maximum atomic E-state index is 14.1. The van der Waals surface area contributed by atoms with Crippen LogP contribution in [0.4, 0.5) is 0 Å². The number of carbonyl (C=O) groups excluding carboxylic acids is 7. The van der Waals surface area contributed by atoms with E-state index in [4.69, 9.17) is 0 Å². The van der Waals surface area contributed by atoms with Crippen LogP contribution in [-0.4, -0.2) is 101 Å². The quantitative estimate of drug-likeness (QED) is 0.223. The highest BCUT2D eigenvalue weighted by Crippen LogP contribution is 2.23. The molecule has 14 nitrogen and oxygen atoms in total. The first-order valence-electron chi connectivity index (χ1n) is 16.0. The fourth-order valence-corrected chi connectivity index (χ4v) is 6.52. The lowest BCUT2D eigenvalue weighted by atomic mass is 10.0. The van der Waals surface area contributed by atoms with Gasteiger partial charge in [0.05, 0.1) is 12.5 Å². The lowest BCUT2D eigenvalue weighted by Gasteiger charge is -2.32. The van der Waals surface area contributed by atoms with E-state index in [1.165, 1.54) is 23.6 Å². The zero-order chi connectivity index (χ0) is 34.2. The topological polar surface area (TPSA) is 195 Å². The minimum absolute atomic E-state index is 0.0221. The van der Waals surface area contributed by atoms with Crippen molar-refractivity contribution in [3.8, 4) is 0 Å². The minimum atomic E-state index is -1.05. The number of nitrogens with zero attached hydrogens (tertiary/aromatic N) is 1. The SMILES string of the molecule is CSCC[C@@H]1NC(=O)C[C@@H](c2ccccc2)NC(=O)[C@H](C)NC(=O)[C@@H]2C[C@H](NC(=O)[C@@H]3CCC(=O)N3)CN2C(=O)[C@H](C(C)C)NC1=O. The van der Waals surface area contributed by atoms with Gasteiger partial charge in [-0.3, -0.25) is 33.6 Å². The highest BCUT2D eigenvalue weighted by Gasteiger charge is 2.45.